The van der Waals surface area contributed by atoms with Crippen molar-refractivity contribution in [2.45, 2.75) is 13.5 Å². The molecule has 0 unspecified atom stereocenters. The lowest BCUT2D eigenvalue weighted by atomic mass is 10.2. The molecule has 0 bridgehead atoms. The summed E-state index contributed by atoms with van der Waals surface area (Å²) < 4.78 is 10.3. The second kappa shape index (κ2) is 5.71. The van der Waals surface area contributed by atoms with Gasteiger partial charge in [0.1, 0.15) is 17.2 Å². The first-order chi connectivity index (χ1) is 9.11. The lowest BCUT2D eigenvalue weighted by molar-refractivity contribution is 0.0469. The van der Waals surface area contributed by atoms with Gasteiger partial charge < -0.3 is 15.2 Å². The Morgan fingerprint density at radius 1 is 1.47 bits per heavy atom. The molecule has 0 saturated carbocycles. The van der Waals surface area contributed by atoms with Crippen LogP contribution in [-0.4, -0.2) is 18.1 Å². The third-order valence-corrected chi connectivity index (χ3v) is 3.40. The molecule has 0 aliphatic heterocycles. The molecule has 0 saturated heterocycles. The van der Waals surface area contributed by atoms with Crippen molar-refractivity contribution in [1.29, 1.82) is 0 Å². The number of carbonyl (C=O) groups excluding carboxylic acids is 1. The van der Waals surface area contributed by atoms with E-state index < -0.39 is 5.97 Å². The molecule has 1 aromatic carbocycles. The molecule has 0 spiro atoms. The van der Waals surface area contributed by atoms with Crippen LogP contribution in [0.25, 0.3) is 0 Å². The van der Waals surface area contributed by atoms with Crippen LogP contribution in [-0.2, 0) is 11.3 Å². The van der Waals surface area contributed by atoms with Crippen LogP contribution >= 0.6 is 11.3 Å². The highest BCUT2D eigenvalue weighted by Gasteiger charge is 2.16. The zero-order valence-corrected chi connectivity index (χ0v) is 11.5. The van der Waals surface area contributed by atoms with Crippen molar-refractivity contribution in [3.05, 3.63) is 39.8 Å². The van der Waals surface area contributed by atoms with Crippen LogP contribution in [0.2, 0.25) is 0 Å². The number of para-hydroxylation sites is 1. The lowest BCUT2D eigenvalue weighted by Crippen LogP contribution is -2.08. The summed E-state index contributed by atoms with van der Waals surface area (Å²) >= 11 is 1.46. The van der Waals surface area contributed by atoms with E-state index in [1.54, 1.807) is 18.2 Å². The first-order valence-corrected chi connectivity index (χ1v) is 6.50. The molecule has 0 aliphatic rings. The number of hydrogen-bond donors (Lipinski definition) is 1. The third kappa shape index (κ3) is 3.03. The van der Waals surface area contributed by atoms with Gasteiger partial charge in [0.15, 0.2) is 5.75 Å². The van der Waals surface area contributed by atoms with Crippen molar-refractivity contribution in [3.63, 3.8) is 0 Å². The van der Waals surface area contributed by atoms with Gasteiger partial charge in [-0.25, -0.2) is 9.78 Å². The molecule has 2 aromatic rings. The Labute approximate surface area is 115 Å². The fourth-order valence-electron chi connectivity index (χ4n) is 1.62. The monoisotopic (exact) mass is 278 g/mol. The highest BCUT2D eigenvalue weighted by Crippen LogP contribution is 2.26. The van der Waals surface area contributed by atoms with Crippen LogP contribution in [0, 0.1) is 6.92 Å². The van der Waals surface area contributed by atoms with E-state index in [-0.39, 0.29) is 6.61 Å². The fourth-order valence-corrected chi connectivity index (χ4v) is 2.30. The molecule has 100 valence electrons. The summed E-state index contributed by atoms with van der Waals surface area (Å²) in [6, 6.07) is 4.96. The maximum absolute atomic E-state index is 12.0. The highest BCUT2D eigenvalue weighted by atomic mass is 32.1. The topological polar surface area (TPSA) is 74.4 Å². The van der Waals surface area contributed by atoms with E-state index in [0.29, 0.717) is 17.0 Å². The second-order valence-electron chi connectivity index (χ2n) is 3.89. The van der Waals surface area contributed by atoms with Gasteiger partial charge in [-0.2, -0.15) is 0 Å². The number of carbonyl (C=O) groups is 1. The number of methoxy groups -OCH3 is 1. The number of hydrogen-bond acceptors (Lipinski definition) is 6. The Kier molecular flexibility index (Phi) is 4.01. The van der Waals surface area contributed by atoms with E-state index in [1.807, 2.05) is 12.3 Å². The zero-order chi connectivity index (χ0) is 13.8. The van der Waals surface area contributed by atoms with E-state index in [1.165, 1.54) is 18.4 Å². The molecular weight excluding hydrogens is 264 g/mol. The number of nitrogen functional groups attached to an aromatic ring is 1. The minimum absolute atomic E-state index is 0.148. The number of nitrogens with two attached hydrogens (primary N) is 1. The average molecular weight is 278 g/mol. The molecule has 0 fully saturated rings. The molecule has 0 amide bonds. The van der Waals surface area contributed by atoms with Gasteiger partial charge in [-0.3, -0.25) is 0 Å². The largest absolute Gasteiger partial charge is 0.494 e. The molecule has 1 heterocycles. The Balaban J connectivity index is 2.10. The summed E-state index contributed by atoms with van der Waals surface area (Å²) in [6.45, 7) is 2.04. The number of aromatic nitrogens is 1. The minimum atomic E-state index is -0.475. The minimum Gasteiger partial charge on any atom is -0.494 e. The molecule has 1 aromatic heterocycles. The fraction of sp³-hybridized carbons (Fsp3) is 0.231. The van der Waals surface area contributed by atoms with Gasteiger partial charge in [-0.05, 0) is 19.1 Å². The maximum atomic E-state index is 12.0. The van der Waals surface area contributed by atoms with Gasteiger partial charge in [0.25, 0.3) is 0 Å². The summed E-state index contributed by atoms with van der Waals surface area (Å²) in [5.74, 6) is -0.139. The lowest BCUT2D eigenvalue weighted by Gasteiger charge is -2.09. The molecule has 0 radical (unpaired) electrons. The number of thiazole rings is 1. The van der Waals surface area contributed by atoms with E-state index >= 15 is 0 Å². The molecule has 5 nitrogen and oxygen atoms in total. The maximum Gasteiger partial charge on any atom is 0.342 e. The van der Waals surface area contributed by atoms with Crippen molar-refractivity contribution in [1.82, 2.24) is 4.98 Å². The van der Waals surface area contributed by atoms with E-state index in [4.69, 9.17) is 15.2 Å². The zero-order valence-electron chi connectivity index (χ0n) is 10.7. The molecule has 0 atom stereocenters. The summed E-state index contributed by atoms with van der Waals surface area (Å²) in [5.41, 5.74) is 7.37. The van der Waals surface area contributed by atoms with Crippen molar-refractivity contribution >= 4 is 23.0 Å². The quantitative estimate of drug-likeness (QED) is 0.686. The number of aryl methyl sites for hydroxylation is 1. The number of esters is 1. The van der Waals surface area contributed by atoms with E-state index in [2.05, 4.69) is 4.98 Å². The molecule has 19 heavy (non-hydrogen) atoms. The predicted octanol–water partition coefficient (Wildman–Crippen LogP) is 2.40. The third-order valence-electron chi connectivity index (χ3n) is 2.46. The number of rotatable bonds is 4. The first-order valence-electron chi connectivity index (χ1n) is 5.62. The molecule has 0 aliphatic carbocycles. The van der Waals surface area contributed by atoms with Gasteiger partial charge in [-0.15, -0.1) is 11.3 Å². The van der Waals surface area contributed by atoms with Gasteiger partial charge in [-0.1, -0.05) is 6.07 Å². The number of ether oxygens (including phenoxy) is 2. The van der Waals surface area contributed by atoms with Crippen LogP contribution in [0.15, 0.2) is 23.6 Å². The smallest absolute Gasteiger partial charge is 0.342 e. The number of nitrogens with zero attached hydrogens (tertiary/aromatic N) is 1. The van der Waals surface area contributed by atoms with Crippen molar-refractivity contribution in [2.75, 3.05) is 12.8 Å². The predicted molar refractivity (Wildman–Crippen MR) is 73.4 cm³/mol. The van der Waals surface area contributed by atoms with Crippen LogP contribution < -0.4 is 10.5 Å². The molecule has 2 N–H and O–H groups in total. The summed E-state index contributed by atoms with van der Waals surface area (Å²) in [6.07, 6.45) is 0. The highest BCUT2D eigenvalue weighted by molar-refractivity contribution is 7.09. The van der Waals surface area contributed by atoms with Gasteiger partial charge in [0.05, 0.1) is 12.8 Å². The molecule has 6 heteroatoms. The van der Waals surface area contributed by atoms with Crippen LogP contribution in [0.5, 0.6) is 5.75 Å². The Morgan fingerprint density at radius 3 is 2.89 bits per heavy atom. The number of benzene rings is 1. The molecule has 2 rings (SSSR count). The van der Waals surface area contributed by atoms with Gasteiger partial charge in [0.2, 0.25) is 0 Å². The van der Waals surface area contributed by atoms with Crippen LogP contribution in [0.1, 0.15) is 21.1 Å². The Bertz CT molecular complexity index is 595. The van der Waals surface area contributed by atoms with Gasteiger partial charge in [0, 0.05) is 11.1 Å². The van der Waals surface area contributed by atoms with Crippen LogP contribution in [0.3, 0.4) is 0 Å². The standard InChI is InChI=1S/C13H14N2O3S/c1-8-7-19-11(15-8)6-18-13(16)9-4-3-5-10(14)12(9)17-2/h3-5,7H,6,14H2,1-2H3. The SMILES string of the molecule is COc1c(N)cccc1C(=O)OCc1nc(C)cs1. The number of anilines is 1. The average Bonchev–Trinajstić information content (AvgIpc) is 2.81. The van der Waals surface area contributed by atoms with Crippen LogP contribution in [0.4, 0.5) is 5.69 Å². The Morgan fingerprint density at radius 2 is 2.26 bits per heavy atom. The Hall–Kier alpha value is -2.08. The first kappa shape index (κ1) is 13.4. The summed E-state index contributed by atoms with van der Waals surface area (Å²) in [5, 5.41) is 2.67. The second-order valence-corrected chi connectivity index (χ2v) is 4.83. The van der Waals surface area contributed by atoms with Gasteiger partial charge >= 0.3 is 5.97 Å². The van der Waals surface area contributed by atoms with Crippen molar-refractivity contribution in [2.24, 2.45) is 0 Å². The normalized spacial score (nSPS) is 10.2. The van der Waals surface area contributed by atoms with Crippen molar-refractivity contribution in [3.8, 4) is 5.75 Å². The summed E-state index contributed by atoms with van der Waals surface area (Å²) in [4.78, 5) is 16.2. The van der Waals surface area contributed by atoms with E-state index in [9.17, 15) is 4.79 Å². The molecular formula is C13H14N2O3S. The summed E-state index contributed by atoms with van der Waals surface area (Å²) in [7, 11) is 1.46. The van der Waals surface area contributed by atoms with E-state index in [0.717, 1.165) is 10.7 Å². The van der Waals surface area contributed by atoms with Crippen molar-refractivity contribution < 1.29 is 14.3 Å².